The maximum absolute atomic E-state index is 12.5. The molecule has 0 radical (unpaired) electrons. The average molecular weight is 286 g/mol. The van der Waals surface area contributed by atoms with Crippen molar-refractivity contribution in [3.05, 3.63) is 17.0 Å². The van der Waals surface area contributed by atoms with E-state index in [1.165, 1.54) is 11.3 Å². The minimum Gasteiger partial charge on any atom is -0.316 e. The Labute approximate surface area is 112 Å². The van der Waals surface area contributed by atoms with Crippen molar-refractivity contribution in [3.63, 3.8) is 0 Å². The zero-order chi connectivity index (χ0) is 12.8. The molecule has 18 heavy (non-hydrogen) atoms. The van der Waals surface area contributed by atoms with Crippen LogP contribution in [0.3, 0.4) is 0 Å². The van der Waals surface area contributed by atoms with E-state index in [9.17, 15) is 8.42 Å². The van der Waals surface area contributed by atoms with Crippen LogP contribution < -0.4 is 5.32 Å². The summed E-state index contributed by atoms with van der Waals surface area (Å²) in [4.78, 5) is 1.13. The lowest BCUT2D eigenvalue weighted by Crippen LogP contribution is -2.31. The van der Waals surface area contributed by atoms with Crippen LogP contribution in [0.25, 0.3) is 0 Å². The third-order valence-corrected chi connectivity index (χ3v) is 7.46. The molecule has 1 aromatic rings. The van der Waals surface area contributed by atoms with E-state index in [1.54, 1.807) is 10.4 Å². The van der Waals surface area contributed by atoms with Gasteiger partial charge in [-0.05, 0) is 43.5 Å². The van der Waals surface area contributed by atoms with Gasteiger partial charge >= 0.3 is 0 Å². The summed E-state index contributed by atoms with van der Waals surface area (Å²) in [6.45, 7) is 5.33. The summed E-state index contributed by atoms with van der Waals surface area (Å²) in [6.07, 6.45) is 0.898. The molecule has 2 fully saturated rings. The standard InChI is InChI=1S/C12H18N2O2S2/c1-2-11-3-4-12(17-11)18(15,16)14-7-9-5-13-6-10(9)8-14/h3-4,9-10,13H,2,5-8H2,1H3. The summed E-state index contributed by atoms with van der Waals surface area (Å²) in [7, 11) is -3.25. The highest BCUT2D eigenvalue weighted by Crippen LogP contribution is 2.33. The second-order valence-electron chi connectivity index (χ2n) is 5.07. The van der Waals surface area contributed by atoms with Gasteiger partial charge in [0.2, 0.25) is 0 Å². The Hall–Kier alpha value is -0.430. The van der Waals surface area contributed by atoms with Gasteiger partial charge in [0, 0.05) is 18.0 Å². The molecule has 0 aromatic carbocycles. The number of nitrogens with one attached hydrogen (secondary N) is 1. The first-order valence-electron chi connectivity index (χ1n) is 6.41. The molecule has 2 aliphatic heterocycles. The van der Waals surface area contributed by atoms with E-state index in [0.29, 0.717) is 29.1 Å². The van der Waals surface area contributed by atoms with Crippen LogP contribution >= 0.6 is 11.3 Å². The van der Waals surface area contributed by atoms with Crippen LogP contribution in [-0.2, 0) is 16.4 Å². The van der Waals surface area contributed by atoms with Crippen LogP contribution in [0, 0.1) is 11.8 Å². The first-order valence-corrected chi connectivity index (χ1v) is 8.66. The third kappa shape index (κ3) is 2.01. The fourth-order valence-electron chi connectivity index (χ4n) is 2.82. The third-order valence-electron chi connectivity index (χ3n) is 3.94. The van der Waals surface area contributed by atoms with Crippen molar-refractivity contribution in [1.82, 2.24) is 9.62 Å². The molecular formula is C12H18N2O2S2. The minimum absolute atomic E-state index is 0.505. The summed E-state index contributed by atoms with van der Waals surface area (Å²) in [5.41, 5.74) is 0. The quantitative estimate of drug-likeness (QED) is 0.907. The maximum atomic E-state index is 12.5. The molecule has 2 atom stereocenters. The van der Waals surface area contributed by atoms with E-state index < -0.39 is 10.0 Å². The topological polar surface area (TPSA) is 49.4 Å². The highest BCUT2D eigenvalue weighted by molar-refractivity contribution is 7.91. The molecule has 100 valence electrons. The first-order chi connectivity index (χ1) is 8.61. The Balaban J connectivity index is 1.82. The number of aryl methyl sites for hydroxylation is 1. The highest BCUT2D eigenvalue weighted by Gasteiger charge is 2.41. The van der Waals surface area contributed by atoms with E-state index >= 15 is 0 Å². The van der Waals surface area contributed by atoms with Gasteiger partial charge in [0.1, 0.15) is 4.21 Å². The fourth-order valence-corrected chi connectivity index (χ4v) is 5.83. The van der Waals surface area contributed by atoms with E-state index in [0.717, 1.165) is 24.4 Å². The van der Waals surface area contributed by atoms with Crippen LogP contribution in [0.15, 0.2) is 16.3 Å². The van der Waals surface area contributed by atoms with Crippen molar-refractivity contribution < 1.29 is 8.42 Å². The summed E-state index contributed by atoms with van der Waals surface area (Å²) in [5, 5.41) is 3.33. The van der Waals surface area contributed by atoms with Gasteiger partial charge in [-0.1, -0.05) is 6.92 Å². The average Bonchev–Trinajstić information content (AvgIpc) is 3.03. The molecule has 0 bridgehead atoms. The zero-order valence-corrected chi connectivity index (χ0v) is 12.1. The number of sulfonamides is 1. The van der Waals surface area contributed by atoms with E-state index in [1.807, 2.05) is 13.0 Å². The lowest BCUT2D eigenvalue weighted by Gasteiger charge is -2.16. The lowest BCUT2D eigenvalue weighted by atomic mass is 10.0. The Morgan fingerprint density at radius 2 is 2.00 bits per heavy atom. The van der Waals surface area contributed by atoms with E-state index in [-0.39, 0.29) is 0 Å². The normalized spacial score (nSPS) is 28.7. The molecule has 0 spiro atoms. The summed E-state index contributed by atoms with van der Waals surface area (Å²) >= 11 is 1.41. The van der Waals surface area contributed by atoms with Crippen molar-refractivity contribution in [2.24, 2.45) is 11.8 Å². The largest absolute Gasteiger partial charge is 0.316 e. The van der Waals surface area contributed by atoms with E-state index in [4.69, 9.17) is 0 Å². The van der Waals surface area contributed by atoms with Crippen molar-refractivity contribution in [2.45, 2.75) is 17.6 Å². The molecule has 3 rings (SSSR count). The van der Waals surface area contributed by atoms with Crippen LogP contribution in [0.4, 0.5) is 0 Å². The van der Waals surface area contributed by atoms with Gasteiger partial charge in [-0.2, -0.15) is 4.31 Å². The van der Waals surface area contributed by atoms with Crippen molar-refractivity contribution in [1.29, 1.82) is 0 Å². The Morgan fingerprint density at radius 3 is 2.56 bits per heavy atom. The molecule has 0 amide bonds. The number of hydrogen-bond donors (Lipinski definition) is 1. The van der Waals surface area contributed by atoms with E-state index in [2.05, 4.69) is 5.32 Å². The smallest absolute Gasteiger partial charge is 0.252 e. The van der Waals surface area contributed by atoms with Crippen molar-refractivity contribution in [2.75, 3.05) is 26.2 Å². The van der Waals surface area contributed by atoms with Gasteiger partial charge in [0.15, 0.2) is 0 Å². The first kappa shape index (κ1) is 12.6. The highest BCUT2D eigenvalue weighted by atomic mass is 32.2. The number of thiophene rings is 1. The molecule has 1 N–H and O–H groups in total. The molecular weight excluding hydrogens is 268 g/mol. The Morgan fingerprint density at radius 1 is 1.33 bits per heavy atom. The van der Waals surface area contributed by atoms with Crippen LogP contribution in [0.1, 0.15) is 11.8 Å². The van der Waals surface area contributed by atoms with Crippen LogP contribution in [0.5, 0.6) is 0 Å². The maximum Gasteiger partial charge on any atom is 0.252 e. The fraction of sp³-hybridized carbons (Fsp3) is 0.667. The summed E-state index contributed by atoms with van der Waals surface area (Å²) < 4.78 is 27.2. The molecule has 2 saturated heterocycles. The van der Waals surface area contributed by atoms with Crippen molar-refractivity contribution >= 4 is 21.4 Å². The predicted molar refractivity (Wildman–Crippen MR) is 72.3 cm³/mol. The second-order valence-corrected chi connectivity index (χ2v) is 8.41. The molecule has 2 unspecified atom stereocenters. The van der Waals surface area contributed by atoms with Gasteiger partial charge in [0.05, 0.1) is 0 Å². The van der Waals surface area contributed by atoms with Crippen LogP contribution in [-0.4, -0.2) is 38.9 Å². The molecule has 2 aliphatic rings. The molecule has 4 nitrogen and oxygen atoms in total. The van der Waals surface area contributed by atoms with Crippen LogP contribution in [0.2, 0.25) is 0 Å². The predicted octanol–water partition coefficient (Wildman–Crippen LogP) is 1.15. The number of nitrogens with zero attached hydrogens (tertiary/aromatic N) is 1. The van der Waals surface area contributed by atoms with Gasteiger partial charge in [-0.15, -0.1) is 11.3 Å². The Bertz CT molecular complexity index is 526. The Kier molecular flexibility index (Phi) is 3.21. The number of fused-ring (bicyclic) bond motifs is 1. The molecule has 0 aliphatic carbocycles. The van der Waals surface area contributed by atoms with Crippen molar-refractivity contribution in [3.8, 4) is 0 Å². The SMILES string of the molecule is CCc1ccc(S(=O)(=O)N2CC3CNCC3C2)s1. The second kappa shape index (κ2) is 4.59. The zero-order valence-electron chi connectivity index (χ0n) is 10.4. The number of hydrogen-bond acceptors (Lipinski definition) is 4. The molecule has 3 heterocycles. The number of rotatable bonds is 3. The molecule has 1 aromatic heterocycles. The molecule has 6 heteroatoms. The van der Waals surface area contributed by atoms with Gasteiger partial charge in [0.25, 0.3) is 10.0 Å². The van der Waals surface area contributed by atoms with Gasteiger partial charge in [-0.25, -0.2) is 8.42 Å². The lowest BCUT2D eigenvalue weighted by molar-refractivity contribution is 0.449. The van der Waals surface area contributed by atoms with Gasteiger partial charge in [-0.3, -0.25) is 0 Å². The van der Waals surface area contributed by atoms with Gasteiger partial charge < -0.3 is 5.32 Å². The minimum atomic E-state index is -3.25. The molecule has 0 saturated carbocycles. The monoisotopic (exact) mass is 286 g/mol. The summed E-state index contributed by atoms with van der Waals surface area (Å²) in [5.74, 6) is 1.01. The summed E-state index contributed by atoms with van der Waals surface area (Å²) in [6, 6.07) is 3.68.